The zero-order valence-electron chi connectivity index (χ0n) is 20.1. The highest BCUT2D eigenvalue weighted by molar-refractivity contribution is 6.04. The highest BCUT2D eigenvalue weighted by Crippen LogP contribution is 2.40. The predicted molar refractivity (Wildman–Crippen MR) is 117 cm³/mol. The first-order valence-electron chi connectivity index (χ1n) is 11.1. The molecule has 0 radical (unpaired) electrons. The molecule has 0 unspecified atom stereocenters. The second-order valence-electron chi connectivity index (χ2n) is 7.84. The molecule has 0 saturated heterocycles. The number of hydrogen-bond donors (Lipinski definition) is 0. The van der Waals surface area contributed by atoms with E-state index < -0.39 is 35.7 Å². The van der Waals surface area contributed by atoms with Gasteiger partial charge in [-0.1, -0.05) is 39.5 Å². The van der Waals surface area contributed by atoms with Crippen molar-refractivity contribution < 1.29 is 38.1 Å². The summed E-state index contributed by atoms with van der Waals surface area (Å²) < 4.78 is 20.1. The first kappa shape index (κ1) is 27.4. The van der Waals surface area contributed by atoms with Gasteiger partial charge in [0.15, 0.2) is 0 Å². The number of carbonyl (C=O) groups excluding carboxylic acids is 4. The van der Waals surface area contributed by atoms with Crippen LogP contribution in [0.5, 0.6) is 0 Å². The summed E-state index contributed by atoms with van der Waals surface area (Å²) in [5.74, 6) is -3.58. The smallest absolute Gasteiger partial charge is 0.334 e. The minimum Gasteiger partial charge on any atom is -0.466 e. The molecule has 2 atom stereocenters. The van der Waals surface area contributed by atoms with Gasteiger partial charge >= 0.3 is 23.9 Å². The van der Waals surface area contributed by atoms with Crippen LogP contribution in [0.2, 0.25) is 0 Å². The molecule has 0 aromatic carbocycles. The zero-order valence-corrected chi connectivity index (χ0v) is 20.1. The number of rotatable bonds is 10. The summed E-state index contributed by atoms with van der Waals surface area (Å²) in [6.07, 6.45) is 4.36. The van der Waals surface area contributed by atoms with E-state index in [2.05, 4.69) is 0 Å². The van der Waals surface area contributed by atoms with E-state index in [4.69, 9.17) is 18.9 Å². The fourth-order valence-corrected chi connectivity index (χ4v) is 4.24. The zero-order chi connectivity index (χ0) is 24.3. The van der Waals surface area contributed by atoms with Gasteiger partial charge in [-0.25, -0.2) is 19.2 Å². The Morgan fingerprint density at radius 2 is 0.938 bits per heavy atom. The van der Waals surface area contributed by atoms with Crippen molar-refractivity contribution in [3.05, 3.63) is 22.3 Å². The average molecular weight is 453 g/mol. The first-order valence-corrected chi connectivity index (χ1v) is 11.1. The Morgan fingerprint density at radius 3 is 1.19 bits per heavy atom. The first-order chi connectivity index (χ1) is 15.3. The number of unbranched alkanes of at least 4 members (excludes halogenated alkanes) is 2. The summed E-state index contributed by atoms with van der Waals surface area (Å²) in [5, 5.41) is 0. The van der Waals surface area contributed by atoms with Crippen molar-refractivity contribution in [3.63, 3.8) is 0 Å². The Labute approximate surface area is 190 Å². The van der Waals surface area contributed by atoms with Crippen LogP contribution < -0.4 is 0 Å². The summed E-state index contributed by atoms with van der Waals surface area (Å²) in [5.41, 5.74) is 0.790. The van der Waals surface area contributed by atoms with Gasteiger partial charge in [-0.05, 0) is 37.5 Å². The van der Waals surface area contributed by atoms with E-state index in [1.807, 2.05) is 13.8 Å². The number of hydrogen-bond acceptors (Lipinski definition) is 8. The number of carbonyl (C=O) groups is 4. The SMILES string of the molecule is CCCC[C@H]1C/C(C(=O)OC)=C(/C(=O)OC)[C@@H](CCCC)C/C(C(=O)OC)=C\1C(=O)OC. The maximum Gasteiger partial charge on any atom is 0.334 e. The van der Waals surface area contributed by atoms with Gasteiger partial charge in [0, 0.05) is 11.1 Å². The van der Waals surface area contributed by atoms with E-state index in [0.29, 0.717) is 12.8 Å². The van der Waals surface area contributed by atoms with Crippen molar-refractivity contribution in [2.45, 2.75) is 65.2 Å². The molecule has 32 heavy (non-hydrogen) atoms. The van der Waals surface area contributed by atoms with Gasteiger partial charge < -0.3 is 18.9 Å². The summed E-state index contributed by atoms with van der Waals surface area (Å²) >= 11 is 0. The highest BCUT2D eigenvalue weighted by Gasteiger charge is 2.39. The molecule has 0 saturated carbocycles. The highest BCUT2D eigenvalue weighted by atomic mass is 16.5. The van der Waals surface area contributed by atoms with Gasteiger partial charge in [0.2, 0.25) is 0 Å². The Balaban J connectivity index is 3.88. The van der Waals surface area contributed by atoms with Gasteiger partial charge in [-0.2, -0.15) is 0 Å². The van der Waals surface area contributed by atoms with Crippen LogP contribution in [-0.4, -0.2) is 52.3 Å². The molecule has 8 nitrogen and oxygen atoms in total. The number of methoxy groups -OCH3 is 4. The fourth-order valence-electron chi connectivity index (χ4n) is 4.24. The summed E-state index contributed by atoms with van der Waals surface area (Å²) in [6, 6.07) is 0. The molecular weight excluding hydrogens is 416 g/mol. The topological polar surface area (TPSA) is 105 Å². The van der Waals surface area contributed by atoms with E-state index >= 15 is 0 Å². The molecule has 0 N–H and O–H groups in total. The lowest BCUT2D eigenvalue weighted by Crippen LogP contribution is -2.30. The second kappa shape index (κ2) is 13.7. The van der Waals surface area contributed by atoms with Gasteiger partial charge in [0.05, 0.1) is 39.6 Å². The van der Waals surface area contributed by atoms with E-state index in [9.17, 15) is 19.2 Å². The molecule has 0 fully saturated rings. The molecule has 0 bridgehead atoms. The van der Waals surface area contributed by atoms with E-state index in [0.717, 1.165) is 25.7 Å². The second-order valence-corrected chi connectivity index (χ2v) is 7.84. The van der Waals surface area contributed by atoms with Crippen molar-refractivity contribution in [1.29, 1.82) is 0 Å². The normalized spacial score (nSPS) is 23.6. The maximum absolute atomic E-state index is 12.9. The summed E-state index contributed by atoms with van der Waals surface area (Å²) in [4.78, 5) is 51.3. The van der Waals surface area contributed by atoms with Crippen LogP contribution in [0.1, 0.15) is 65.2 Å². The Hall–Kier alpha value is -2.64. The van der Waals surface area contributed by atoms with Crippen molar-refractivity contribution in [1.82, 2.24) is 0 Å². The van der Waals surface area contributed by atoms with E-state index in [-0.39, 0.29) is 35.1 Å². The molecule has 0 heterocycles. The lowest BCUT2D eigenvalue weighted by Gasteiger charge is -2.30. The largest absolute Gasteiger partial charge is 0.466 e. The lowest BCUT2D eigenvalue weighted by atomic mass is 9.74. The Morgan fingerprint density at radius 1 is 0.625 bits per heavy atom. The van der Waals surface area contributed by atoms with Gasteiger partial charge in [0.25, 0.3) is 0 Å². The third-order valence-electron chi connectivity index (χ3n) is 5.85. The Kier molecular flexibility index (Phi) is 11.7. The van der Waals surface area contributed by atoms with Gasteiger partial charge in [-0.15, -0.1) is 0 Å². The van der Waals surface area contributed by atoms with E-state index in [1.54, 1.807) is 0 Å². The molecule has 1 aliphatic rings. The third kappa shape index (κ3) is 6.68. The maximum atomic E-state index is 12.9. The summed E-state index contributed by atoms with van der Waals surface area (Å²) in [6.45, 7) is 4.01. The van der Waals surface area contributed by atoms with Crippen LogP contribution in [0, 0.1) is 11.8 Å². The van der Waals surface area contributed by atoms with Crippen molar-refractivity contribution in [2.24, 2.45) is 11.8 Å². The van der Waals surface area contributed by atoms with Crippen LogP contribution in [-0.2, 0) is 38.1 Å². The van der Waals surface area contributed by atoms with Crippen LogP contribution in [0.4, 0.5) is 0 Å². The van der Waals surface area contributed by atoms with Crippen LogP contribution in [0.3, 0.4) is 0 Å². The standard InChI is InChI=1S/C24H36O8/c1-7-9-11-15-13-17(21(25)29-3)20(24(28)32-6)16(12-10-8-2)14-18(22(26)30-4)19(15)23(27)31-5/h15-16H,7-14H2,1-6H3/b19-18-,20-17-/t15-,16-/m0/s1. The third-order valence-corrected chi connectivity index (χ3v) is 5.85. The number of ether oxygens (including phenoxy) is 4. The molecule has 0 aliphatic heterocycles. The molecule has 0 aromatic heterocycles. The summed E-state index contributed by atoms with van der Waals surface area (Å²) in [7, 11) is 5.01. The van der Waals surface area contributed by atoms with Crippen LogP contribution in [0.25, 0.3) is 0 Å². The van der Waals surface area contributed by atoms with Crippen LogP contribution >= 0.6 is 0 Å². The molecule has 0 aromatic rings. The Bertz CT molecular complexity index is 698. The van der Waals surface area contributed by atoms with Gasteiger partial charge in [-0.3, -0.25) is 0 Å². The molecule has 1 aliphatic carbocycles. The van der Waals surface area contributed by atoms with Crippen LogP contribution in [0.15, 0.2) is 22.3 Å². The van der Waals surface area contributed by atoms with E-state index in [1.165, 1.54) is 28.4 Å². The van der Waals surface area contributed by atoms with Crippen molar-refractivity contribution in [2.75, 3.05) is 28.4 Å². The molecule has 1 rings (SSSR count). The average Bonchev–Trinajstić information content (AvgIpc) is 2.80. The quantitative estimate of drug-likeness (QED) is 0.365. The molecule has 0 amide bonds. The molecule has 8 heteroatoms. The molecular formula is C24H36O8. The predicted octanol–water partition coefficient (Wildman–Crippen LogP) is 3.68. The lowest BCUT2D eigenvalue weighted by molar-refractivity contribution is -0.141. The minimum atomic E-state index is -0.640. The molecule has 180 valence electrons. The molecule has 0 spiro atoms. The van der Waals surface area contributed by atoms with Gasteiger partial charge in [0.1, 0.15) is 0 Å². The monoisotopic (exact) mass is 452 g/mol. The minimum absolute atomic E-state index is 0.0602. The fraction of sp³-hybridized carbons (Fsp3) is 0.667. The number of esters is 4. The van der Waals surface area contributed by atoms with Crippen molar-refractivity contribution in [3.8, 4) is 0 Å². The van der Waals surface area contributed by atoms with Crippen molar-refractivity contribution >= 4 is 23.9 Å².